The molecule has 0 spiro atoms. The number of amides is 1. The van der Waals surface area contributed by atoms with Crippen molar-refractivity contribution in [1.82, 2.24) is 4.98 Å². The third-order valence-electron chi connectivity index (χ3n) is 2.50. The first-order chi connectivity index (χ1) is 8.97. The lowest BCUT2D eigenvalue weighted by molar-refractivity contribution is 0.102. The zero-order valence-corrected chi connectivity index (χ0v) is 13.0. The van der Waals surface area contributed by atoms with Crippen molar-refractivity contribution in [2.75, 3.05) is 11.1 Å². The lowest BCUT2D eigenvalue weighted by Gasteiger charge is -2.09. The van der Waals surface area contributed by atoms with Crippen molar-refractivity contribution in [1.29, 1.82) is 0 Å². The maximum atomic E-state index is 12.2. The fourth-order valence-electron chi connectivity index (χ4n) is 1.57. The van der Waals surface area contributed by atoms with Crippen molar-refractivity contribution in [2.45, 2.75) is 6.92 Å². The minimum Gasteiger partial charge on any atom is -0.397 e. The number of carbonyl (C=O) groups is 1. The molecular formula is C13H11ClIN3O. The quantitative estimate of drug-likeness (QED) is 0.775. The Morgan fingerprint density at radius 2 is 2.16 bits per heavy atom. The molecule has 98 valence electrons. The average molecular weight is 388 g/mol. The Morgan fingerprint density at radius 3 is 2.84 bits per heavy atom. The lowest BCUT2D eigenvalue weighted by Crippen LogP contribution is -2.15. The number of nitrogens with one attached hydrogen (secondary N) is 1. The minimum atomic E-state index is -0.243. The van der Waals surface area contributed by atoms with Gasteiger partial charge in [0.05, 0.1) is 17.4 Å². The van der Waals surface area contributed by atoms with Crippen LogP contribution >= 0.6 is 34.2 Å². The zero-order valence-electron chi connectivity index (χ0n) is 10.1. The van der Waals surface area contributed by atoms with Gasteiger partial charge in [-0.3, -0.25) is 4.79 Å². The van der Waals surface area contributed by atoms with Crippen LogP contribution in [0.25, 0.3) is 0 Å². The van der Waals surface area contributed by atoms with Crippen LogP contribution in [0.2, 0.25) is 5.02 Å². The molecule has 19 heavy (non-hydrogen) atoms. The topological polar surface area (TPSA) is 68.0 Å². The molecule has 6 heteroatoms. The summed E-state index contributed by atoms with van der Waals surface area (Å²) in [5.41, 5.74) is 7.51. The third kappa shape index (κ3) is 3.36. The summed E-state index contributed by atoms with van der Waals surface area (Å²) in [6.45, 7) is 1.84. The SMILES string of the molecule is Cc1cc(N)cnc1NC(=O)c1cc(Cl)ccc1I. The Bertz CT molecular complexity index is 646. The van der Waals surface area contributed by atoms with E-state index in [2.05, 4.69) is 32.9 Å². The van der Waals surface area contributed by atoms with Crippen LogP contribution in [0.15, 0.2) is 30.5 Å². The standard InChI is InChI=1S/C13H11ClIN3O/c1-7-4-9(16)6-17-12(7)18-13(19)10-5-8(14)2-3-11(10)15/h2-6H,16H2,1H3,(H,17,18,19). The molecule has 0 radical (unpaired) electrons. The Morgan fingerprint density at radius 1 is 1.42 bits per heavy atom. The number of carbonyl (C=O) groups excluding carboxylic acids is 1. The molecule has 1 aromatic heterocycles. The molecule has 2 rings (SSSR count). The van der Waals surface area contributed by atoms with Crippen molar-refractivity contribution >= 4 is 51.6 Å². The Hall–Kier alpha value is -1.34. The van der Waals surface area contributed by atoms with Gasteiger partial charge in [0.2, 0.25) is 0 Å². The molecule has 2 aromatic rings. The largest absolute Gasteiger partial charge is 0.397 e. The predicted molar refractivity (Wildman–Crippen MR) is 85.5 cm³/mol. The van der Waals surface area contributed by atoms with Crippen molar-refractivity contribution in [3.63, 3.8) is 0 Å². The van der Waals surface area contributed by atoms with E-state index < -0.39 is 0 Å². The predicted octanol–water partition coefficient (Wildman–Crippen LogP) is 3.48. The van der Waals surface area contributed by atoms with E-state index in [-0.39, 0.29) is 5.91 Å². The van der Waals surface area contributed by atoms with Crippen LogP contribution < -0.4 is 11.1 Å². The highest BCUT2D eigenvalue weighted by Crippen LogP contribution is 2.20. The van der Waals surface area contributed by atoms with Gasteiger partial charge < -0.3 is 11.1 Å². The molecule has 0 saturated heterocycles. The Labute approximate surface area is 129 Å². The van der Waals surface area contributed by atoms with Crippen LogP contribution in [0, 0.1) is 10.5 Å². The number of aromatic nitrogens is 1. The summed E-state index contributed by atoms with van der Waals surface area (Å²) in [6, 6.07) is 6.92. The molecule has 0 bridgehead atoms. The van der Waals surface area contributed by atoms with Gasteiger partial charge >= 0.3 is 0 Å². The van der Waals surface area contributed by atoms with Crippen LogP contribution in [0.4, 0.5) is 11.5 Å². The first-order valence-corrected chi connectivity index (χ1v) is 6.91. The number of pyridine rings is 1. The van der Waals surface area contributed by atoms with E-state index in [0.29, 0.717) is 22.1 Å². The summed E-state index contributed by atoms with van der Waals surface area (Å²) < 4.78 is 0.826. The number of nitrogen functional groups attached to an aromatic ring is 1. The maximum Gasteiger partial charge on any atom is 0.257 e. The molecule has 0 aliphatic carbocycles. The van der Waals surface area contributed by atoms with E-state index in [4.69, 9.17) is 17.3 Å². The molecule has 1 aromatic carbocycles. The first-order valence-electron chi connectivity index (χ1n) is 5.46. The summed E-state index contributed by atoms with van der Waals surface area (Å²) in [4.78, 5) is 16.3. The van der Waals surface area contributed by atoms with Gasteiger partial charge in [-0.05, 0) is 59.3 Å². The second kappa shape index (κ2) is 5.75. The van der Waals surface area contributed by atoms with E-state index >= 15 is 0 Å². The van der Waals surface area contributed by atoms with E-state index in [9.17, 15) is 4.79 Å². The van der Waals surface area contributed by atoms with Gasteiger partial charge in [-0.25, -0.2) is 4.98 Å². The zero-order chi connectivity index (χ0) is 14.0. The Kier molecular flexibility index (Phi) is 4.26. The van der Waals surface area contributed by atoms with Gasteiger partial charge in [0, 0.05) is 8.59 Å². The molecule has 0 aliphatic rings. The van der Waals surface area contributed by atoms with Crippen molar-refractivity contribution < 1.29 is 4.79 Å². The normalized spacial score (nSPS) is 10.3. The van der Waals surface area contributed by atoms with Gasteiger partial charge in [-0.15, -0.1) is 0 Å². The fraction of sp³-hybridized carbons (Fsp3) is 0.0769. The number of anilines is 2. The van der Waals surface area contributed by atoms with E-state index in [0.717, 1.165) is 9.13 Å². The number of hydrogen-bond acceptors (Lipinski definition) is 3. The number of rotatable bonds is 2. The molecule has 4 nitrogen and oxygen atoms in total. The summed E-state index contributed by atoms with van der Waals surface area (Å²) >= 11 is 7.99. The molecule has 0 fully saturated rings. The van der Waals surface area contributed by atoms with E-state index in [1.807, 2.05) is 6.92 Å². The minimum absolute atomic E-state index is 0.243. The van der Waals surface area contributed by atoms with Crippen LogP contribution in [-0.4, -0.2) is 10.9 Å². The molecule has 3 N–H and O–H groups in total. The monoisotopic (exact) mass is 387 g/mol. The molecular weight excluding hydrogens is 377 g/mol. The number of hydrogen-bond donors (Lipinski definition) is 2. The second-order valence-corrected chi connectivity index (χ2v) is 5.61. The summed E-state index contributed by atoms with van der Waals surface area (Å²) in [6.07, 6.45) is 1.51. The smallest absolute Gasteiger partial charge is 0.257 e. The molecule has 1 amide bonds. The van der Waals surface area contributed by atoms with Crippen molar-refractivity contribution in [3.05, 3.63) is 50.2 Å². The van der Waals surface area contributed by atoms with Gasteiger partial charge in [0.15, 0.2) is 0 Å². The summed E-state index contributed by atoms with van der Waals surface area (Å²) in [7, 11) is 0. The van der Waals surface area contributed by atoms with Crippen LogP contribution in [0.5, 0.6) is 0 Å². The van der Waals surface area contributed by atoms with Crippen molar-refractivity contribution in [3.8, 4) is 0 Å². The fourth-order valence-corrected chi connectivity index (χ4v) is 2.33. The van der Waals surface area contributed by atoms with Crippen LogP contribution in [-0.2, 0) is 0 Å². The summed E-state index contributed by atoms with van der Waals surface area (Å²) in [5.74, 6) is 0.252. The molecule has 0 saturated carbocycles. The van der Waals surface area contributed by atoms with Gasteiger partial charge in [0.1, 0.15) is 5.82 Å². The van der Waals surface area contributed by atoms with Crippen LogP contribution in [0.3, 0.4) is 0 Å². The van der Waals surface area contributed by atoms with Crippen molar-refractivity contribution in [2.24, 2.45) is 0 Å². The molecule has 0 aliphatic heterocycles. The van der Waals surface area contributed by atoms with E-state index in [1.165, 1.54) is 6.20 Å². The summed E-state index contributed by atoms with van der Waals surface area (Å²) in [5, 5.41) is 3.27. The molecule has 0 atom stereocenters. The van der Waals surface area contributed by atoms with Gasteiger partial charge in [0.25, 0.3) is 5.91 Å². The molecule has 1 heterocycles. The van der Waals surface area contributed by atoms with E-state index in [1.54, 1.807) is 24.3 Å². The van der Waals surface area contributed by atoms with Crippen LogP contribution in [0.1, 0.15) is 15.9 Å². The lowest BCUT2D eigenvalue weighted by atomic mass is 10.2. The van der Waals surface area contributed by atoms with Gasteiger partial charge in [-0.1, -0.05) is 11.6 Å². The first kappa shape index (κ1) is 14.1. The number of nitrogens with two attached hydrogens (primary N) is 1. The number of halogens is 2. The Balaban J connectivity index is 2.28. The average Bonchev–Trinajstić information content (AvgIpc) is 2.35. The number of aryl methyl sites for hydroxylation is 1. The third-order valence-corrected chi connectivity index (χ3v) is 3.68. The second-order valence-electron chi connectivity index (χ2n) is 4.01. The highest BCUT2D eigenvalue weighted by Gasteiger charge is 2.12. The maximum absolute atomic E-state index is 12.2. The van der Waals surface area contributed by atoms with Gasteiger partial charge in [-0.2, -0.15) is 0 Å². The number of benzene rings is 1. The highest BCUT2D eigenvalue weighted by atomic mass is 127. The molecule has 0 unspecified atom stereocenters. The number of nitrogens with zero attached hydrogens (tertiary/aromatic N) is 1. The highest BCUT2D eigenvalue weighted by molar-refractivity contribution is 14.1.